The lowest BCUT2D eigenvalue weighted by Gasteiger charge is -2.45. The van der Waals surface area contributed by atoms with Crippen molar-refractivity contribution in [3.05, 3.63) is 23.3 Å². The van der Waals surface area contributed by atoms with Crippen molar-refractivity contribution < 1.29 is 52.7 Å². The summed E-state index contributed by atoms with van der Waals surface area (Å²) in [6.07, 6.45) is -2.92. The van der Waals surface area contributed by atoms with E-state index in [-0.39, 0.29) is 18.1 Å². The van der Waals surface area contributed by atoms with E-state index in [0.29, 0.717) is 18.4 Å². The number of carbonyl (C=O) groups is 4. The minimum absolute atomic E-state index is 0.00675. The Morgan fingerprint density at radius 3 is 2.26 bits per heavy atom. The summed E-state index contributed by atoms with van der Waals surface area (Å²) < 4.78 is 33.7. The maximum Gasteiger partial charge on any atom is 0.339 e. The summed E-state index contributed by atoms with van der Waals surface area (Å²) in [6, 6.07) is 3.81. The van der Waals surface area contributed by atoms with Gasteiger partial charge in [0.25, 0.3) is 0 Å². The number of piperidine rings is 1. The second-order valence-electron chi connectivity index (χ2n) is 11.0. The van der Waals surface area contributed by atoms with Crippen LogP contribution < -0.4 is 4.74 Å². The van der Waals surface area contributed by atoms with Crippen LogP contribution in [0.25, 0.3) is 0 Å². The molecule has 0 amide bonds. The Bertz CT molecular complexity index is 1170. The van der Waals surface area contributed by atoms with Crippen molar-refractivity contribution in [3.63, 3.8) is 0 Å². The Morgan fingerprint density at radius 1 is 0.952 bits per heavy atom. The first kappa shape index (κ1) is 31.6. The van der Waals surface area contributed by atoms with Gasteiger partial charge in [0.1, 0.15) is 0 Å². The fourth-order valence-corrected chi connectivity index (χ4v) is 6.40. The number of aromatic hydroxyl groups is 1. The van der Waals surface area contributed by atoms with E-state index >= 15 is 0 Å². The number of ether oxygens (including phenoxy) is 6. The van der Waals surface area contributed by atoms with Crippen LogP contribution in [-0.4, -0.2) is 90.3 Å². The highest BCUT2D eigenvalue weighted by Gasteiger charge is 2.56. The van der Waals surface area contributed by atoms with Gasteiger partial charge in [-0.25, -0.2) is 4.79 Å². The molecule has 0 aromatic heterocycles. The second kappa shape index (κ2) is 13.7. The number of fused-ring (bicyclic) bond motifs is 2. The second-order valence-corrected chi connectivity index (χ2v) is 11.0. The van der Waals surface area contributed by atoms with Gasteiger partial charge in [0, 0.05) is 32.4 Å². The zero-order valence-corrected chi connectivity index (χ0v) is 24.8. The third kappa shape index (κ3) is 6.97. The number of carbonyl (C=O) groups excluding carboxylic acids is 4. The van der Waals surface area contributed by atoms with Gasteiger partial charge in [-0.3, -0.25) is 19.3 Å². The third-order valence-electron chi connectivity index (χ3n) is 7.93. The van der Waals surface area contributed by atoms with Gasteiger partial charge in [0.2, 0.25) is 12.4 Å². The molecule has 0 bridgehead atoms. The maximum atomic E-state index is 13.0. The van der Waals surface area contributed by atoms with E-state index in [0.717, 1.165) is 70.7 Å². The van der Waals surface area contributed by atoms with Crippen LogP contribution in [0.4, 0.5) is 0 Å². The average molecular weight is 592 g/mol. The molecular formula is C30H41NO11. The lowest BCUT2D eigenvalue weighted by atomic mass is 9.75. The van der Waals surface area contributed by atoms with Crippen LogP contribution >= 0.6 is 0 Å². The summed E-state index contributed by atoms with van der Waals surface area (Å²) in [4.78, 5) is 51.9. The minimum Gasteiger partial charge on any atom is -0.504 e. The van der Waals surface area contributed by atoms with Crippen molar-refractivity contribution in [2.45, 2.75) is 103 Å². The number of hydrogen-bond acceptors (Lipinski definition) is 12. The van der Waals surface area contributed by atoms with Crippen LogP contribution in [0, 0.1) is 5.92 Å². The molecule has 12 nitrogen and oxygen atoms in total. The Balaban J connectivity index is 1.73. The Kier molecular flexibility index (Phi) is 10.3. The predicted molar refractivity (Wildman–Crippen MR) is 146 cm³/mol. The summed E-state index contributed by atoms with van der Waals surface area (Å²) in [6.45, 7) is 9.23. The molecule has 4 rings (SSSR count). The van der Waals surface area contributed by atoms with Gasteiger partial charge in [-0.2, -0.15) is 0 Å². The number of rotatable bonds is 9. The molecule has 1 aliphatic carbocycles. The molecule has 1 aromatic rings. The number of benzene rings is 1. The molecule has 0 unspecified atom stereocenters. The molecular weight excluding hydrogens is 550 g/mol. The fourth-order valence-electron chi connectivity index (χ4n) is 6.40. The van der Waals surface area contributed by atoms with Crippen LogP contribution in [-0.2, 0) is 55.7 Å². The van der Waals surface area contributed by atoms with Crippen molar-refractivity contribution in [1.82, 2.24) is 4.90 Å². The summed E-state index contributed by atoms with van der Waals surface area (Å²) in [5, 5.41) is 11.0. The number of hydrogen-bond donors (Lipinski definition) is 1. The normalized spacial score (nSPS) is 28.9. The highest BCUT2D eigenvalue weighted by atomic mass is 16.7. The first-order valence-corrected chi connectivity index (χ1v) is 14.6. The first-order valence-electron chi connectivity index (χ1n) is 14.6. The molecule has 2 heterocycles. The minimum atomic E-state index is -1.58. The van der Waals surface area contributed by atoms with Crippen molar-refractivity contribution in [2.75, 3.05) is 19.7 Å². The summed E-state index contributed by atoms with van der Waals surface area (Å²) in [5.74, 6) is -2.88. The van der Waals surface area contributed by atoms with E-state index < -0.39 is 54.6 Å². The number of phenolic OH excluding ortho intramolecular Hbond substituents is 1. The summed E-state index contributed by atoms with van der Waals surface area (Å²) in [5.41, 5.74) is 1.82. The van der Waals surface area contributed by atoms with Gasteiger partial charge in [-0.05, 0) is 69.7 Å². The monoisotopic (exact) mass is 591 g/mol. The zero-order valence-electron chi connectivity index (χ0n) is 24.8. The zero-order chi connectivity index (χ0) is 30.6. The lowest BCUT2D eigenvalue weighted by Crippen LogP contribution is -2.64. The quantitative estimate of drug-likeness (QED) is 0.332. The molecule has 2 aliphatic heterocycles. The topological polar surface area (TPSA) is 147 Å². The molecule has 232 valence electrons. The van der Waals surface area contributed by atoms with Crippen LogP contribution in [0.5, 0.6) is 11.5 Å². The predicted octanol–water partition coefficient (Wildman–Crippen LogP) is 2.44. The lowest BCUT2D eigenvalue weighted by molar-refractivity contribution is -0.283. The number of esters is 4. The summed E-state index contributed by atoms with van der Waals surface area (Å²) in [7, 11) is 0. The Morgan fingerprint density at radius 2 is 1.62 bits per heavy atom. The van der Waals surface area contributed by atoms with E-state index in [1.165, 1.54) is 0 Å². The molecule has 0 saturated carbocycles. The molecule has 12 heteroatoms. The van der Waals surface area contributed by atoms with E-state index in [1.807, 2.05) is 6.07 Å². The highest BCUT2D eigenvalue weighted by molar-refractivity contribution is 5.77. The van der Waals surface area contributed by atoms with E-state index in [1.54, 1.807) is 13.0 Å². The van der Waals surface area contributed by atoms with Gasteiger partial charge in [-0.1, -0.05) is 13.0 Å². The van der Waals surface area contributed by atoms with Gasteiger partial charge >= 0.3 is 23.9 Å². The molecule has 7 atom stereocenters. The number of likely N-dealkylation sites (tertiary alicyclic amines) is 1. The smallest absolute Gasteiger partial charge is 0.339 e. The SMILES string of the molecule is CCCN1CCC[C@@H]2Cc3c(ccc(O)c3O[C@@H]3O[C@H](C(=O)OCC)[C@@H](OC(C)=O)[C@H](OC(C)=O)[C@H]3OC(C)=O)C[C@H]21. The van der Waals surface area contributed by atoms with Crippen molar-refractivity contribution in [2.24, 2.45) is 5.92 Å². The molecule has 1 N–H and O–H groups in total. The molecule has 0 spiro atoms. The molecule has 2 saturated heterocycles. The highest BCUT2D eigenvalue weighted by Crippen LogP contribution is 2.44. The largest absolute Gasteiger partial charge is 0.504 e. The molecule has 1 aromatic carbocycles. The van der Waals surface area contributed by atoms with E-state index in [4.69, 9.17) is 28.4 Å². The van der Waals surface area contributed by atoms with Gasteiger partial charge in [0.05, 0.1) is 6.61 Å². The Labute approximate surface area is 245 Å². The van der Waals surface area contributed by atoms with Crippen LogP contribution in [0.15, 0.2) is 12.1 Å². The van der Waals surface area contributed by atoms with Gasteiger partial charge in [-0.15, -0.1) is 0 Å². The van der Waals surface area contributed by atoms with E-state index in [2.05, 4.69) is 11.8 Å². The van der Waals surface area contributed by atoms with Crippen molar-refractivity contribution in [1.29, 1.82) is 0 Å². The average Bonchev–Trinajstić information content (AvgIpc) is 2.92. The van der Waals surface area contributed by atoms with Crippen LogP contribution in [0.2, 0.25) is 0 Å². The summed E-state index contributed by atoms with van der Waals surface area (Å²) >= 11 is 0. The van der Waals surface area contributed by atoms with Crippen LogP contribution in [0.3, 0.4) is 0 Å². The molecule has 0 radical (unpaired) electrons. The molecule has 3 aliphatic rings. The Hall–Kier alpha value is -3.38. The van der Waals surface area contributed by atoms with E-state index in [9.17, 15) is 24.3 Å². The van der Waals surface area contributed by atoms with Gasteiger partial charge in [0.15, 0.2) is 29.8 Å². The third-order valence-corrected chi connectivity index (χ3v) is 7.93. The van der Waals surface area contributed by atoms with Gasteiger partial charge < -0.3 is 33.5 Å². The van der Waals surface area contributed by atoms with Crippen LogP contribution in [0.1, 0.15) is 65.0 Å². The maximum absolute atomic E-state index is 13.0. The van der Waals surface area contributed by atoms with Crippen molar-refractivity contribution in [3.8, 4) is 11.5 Å². The molecule has 2 fully saturated rings. The number of phenols is 1. The van der Waals surface area contributed by atoms with Crippen molar-refractivity contribution >= 4 is 23.9 Å². The fraction of sp³-hybridized carbons (Fsp3) is 0.667. The first-order chi connectivity index (χ1) is 20.0. The standard InChI is InChI=1S/C30H41NO11/c1-6-12-31-13-8-9-20-14-21-19(15-22(20)31)10-11-23(35)24(21)41-30-28(40-18(5)34)26(39-17(4)33)25(38-16(3)32)27(42-30)29(36)37-7-2/h10-11,20,22,25-28,30,35H,6-9,12-15H2,1-5H3/t20-,22-,25+,26+,27+,28-,30-/m1/s1. The molecule has 42 heavy (non-hydrogen) atoms. The number of nitrogens with zero attached hydrogens (tertiary/aromatic N) is 1.